The van der Waals surface area contributed by atoms with Crippen molar-refractivity contribution in [3.8, 4) is 9.88 Å². The number of aryl methyl sites for hydroxylation is 1. The molecule has 0 aliphatic heterocycles. The third kappa shape index (κ3) is 1.79. The van der Waals surface area contributed by atoms with Gasteiger partial charge in [-0.05, 0) is 45.3 Å². The van der Waals surface area contributed by atoms with Crippen LogP contribution in [0, 0.1) is 6.92 Å². The molecular formula is C7H4BrClN2S2. The molecule has 0 unspecified atom stereocenters. The minimum atomic E-state index is 0.620. The van der Waals surface area contributed by atoms with Crippen LogP contribution in [-0.2, 0) is 0 Å². The molecule has 0 aromatic carbocycles. The molecule has 0 amide bonds. The highest BCUT2D eigenvalue weighted by Crippen LogP contribution is 2.37. The van der Waals surface area contributed by atoms with Gasteiger partial charge in [0.1, 0.15) is 0 Å². The molecule has 13 heavy (non-hydrogen) atoms. The minimum absolute atomic E-state index is 0.620. The minimum Gasteiger partial charge on any atom is -0.208 e. The number of aromatic nitrogens is 2. The molecule has 2 nitrogen and oxygen atoms in total. The second kappa shape index (κ2) is 3.65. The first-order valence-corrected chi connectivity index (χ1v) is 6.24. The van der Waals surface area contributed by atoms with Gasteiger partial charge in [-0.25, -0.2) is 4.98 Å². The lowest BCUT2D eigenvalue weighted by Crippen LogP contribution is -1.71. The molecule has 0 spiro atoms. The summed E-state index contributed by atoms with van der Waals surface area (Å²) >= 11 is 12.2. The molecule has 0 saturated heterocycles. The quantitative estimate of drug-likeness (QED) is 0.795. The second-order valence-electron chi connectivity index (χ2n) is 2.43. The van der Waals surface area contributed by atoms with Gasteiger partial charge in [-0.1, -0.05) is 11.6 Å². The van der Waals surface area contributed by atoms with Gasteiger partial charge in [0.05, 0.1) is 9.90 Å². The summed E-state index contributed by atoms with van der Waals surface area (Å²) in [6.07, 6.45) is 0. The molecule has 0 atom stereocenters. The summed E-state index contributed by atoms with van der Waals surface area (Å²) in [6, 6.07) is 0. The van der Waals surface area contributed by atoms with Crippen LogP contribution in [0.1, 0.15) is 5.56 Å². The molecule has 2 heterocycles. The van der Waals surface area contributed by atoms with Crippen molar-refractivity contribution in [3.05, 3.63) is 20.7 Å². The van der Waals surface area contributed by atoms with Crippen molar-refractivity contribution in [2.75, 3.05) is 0 Å². The topological polar surface area (TPSA) is 25.8 Å². The molecule has 6 heteroatoms. The summed E-state index contributed by atoms with van der Waals surface area (Å²) in [5, 5.41) is 3.68. The molecule has 0 fully saturated rings. The van der Waals surface area contributed by atoms with E-state index in [2.05, 4.69) is 25.3 Å². The van der Waals surface area contributed by atoms with Crippen molar-refractivity contribution < 1.29 is 0 Å². The van der Waals surface area contributed by atoms with E-state index in [1.807, 2.05) is 12.3 Å². The highest BCUT2D eigenvalue weighted by Gasteiger charge is 2.12. The molecule has 0 bridgehead atoms. The fraction of sp³-hybridized carbons (Fsp3) is 0.143. The van der Waals surface area contributed by atoms with Crippen LogP contribution in [0.3, 0.4) is 0 Å². The molecule has 0 aliphatic carbocycles. The Hall–Kier alpha value is 0.0300. The predicted molar refractivity (Wildman–Crippen MR) is 60.7 cm³/mol. The van der Waals surface area contributed by atoms with Crippen LogP contribution in [-0.4, -0.2) is 9.36 Å². The van der Waals surface area contributed by atoms with Gasteiger partial charge in [0, 0.05) is 0 Å². The molecule has 68 valence electrons. The molecule has 0 N–H and O–H groups in total. The zero-order chi connectivity index (χ0) is 9.42. The van der Waals surface area contributed by atoms with Crippen molar-refractivity contribution in [1.82, 2.24) is 9.36 Å². The molecule has 0 radical (unpaired) electrons. The number of rotatable bonds is 1. The van der Waals surface area contributed by atoms with Crippen LogP contribution in [0.2, 0.25) is 5.02 Å². The molecular weight excluding hydrogens is 292 g/mol. The van der Waals surface area contributed by atoms with Crippen molar-refractivity contribution >= 4 is 50.4 Å². The smallest absolute Gasteiger partial charge is 0.208 e. The number of thiophene rings is 1. The third-order valence-electron chi connectivity index (χ3n) is 1.49. The van der Waals surface area contributed by atoms with E-state index in [0.29, 0.717) is 4.73 Å². The lowest BCUT2D eigenvalue weighted by molar-refractivity contribution is 1.26. The Morgan fingerprint density at radius 3 is 2.77 bits per heavy atom. The summed E-state index contributed by atoms with van der Waals surface area (Å²) in [5.74, 6) is 0. The first kappa shape index (κ1) is 9.58. The number of halogens is 2. The third-order valence-corrected chi connectivity index (χ3v) is 4.65. The fourth-order valence-electron chi connectivity index (χ4n) is 0.872. The molecule has 0 aliphatic rings. The molecule has 2 aromatic heterocycles. The summed E-state index contributed by atoms with van der Waals surface area (Å²) < 4.78 is 4.66. The highest BCUT2D eigenvalue weighted by molar-refractivity contribution is 9.10. The van der Waals surface area contributed by atoms with Gasteiger partial charge in [-0.3, -0.25) is 0 Å². The average Bonchev–Trinajstić information content (AvgIpc) is 2.62. The Morgan fingerprint density at radius 1 is 1.54 bits per heavy atom. The Balaban J connectivity index is 2.52. The van der Waals surface area contributed by atoms with Crippen LogP contribution in [0.5, 0.6) is 0 Å². The van der Waals surface area contributed by atoms with Gasteiger partial charge < -0.3 is 0 Å². The summed E-state index contributed by atoms with van der Waals surface area (Å²) in [4.78, 5) is 5.21. The van der Waals surface area contributed by atoms with E-state index in [0.717, 1.165) is 20.5 Å². The van der Waals surface area contributed by atoms with Gasteiger partial charge in [0.2, 0.25) is 4.73 Å². The van der Waals surface area contributed by atoms with Crippen LogP contribution >= 0.6 is 50.4 Å². The van der Waals surface area contributed by atoms with E-state index >= 15 is 0 Å². The number of nitrogens with zero attached hydrogens (tertiary/aromatic N) is 2. The van der Waals surface area contributed by atoms with E-state index < -0.39 is 0 Å². The van der Waals surface area contributed by atoms with Crippen LogP contribution in [0.4, 0.5) is 0 Å². The molecule has 2 rings (SSSR count). The standard InChI is InChI=1S/C7H4BrClN2S2/c1-3-2-12-5(4(3)9)6-10-7(8)11-13-6/h2H,1H3. The lowest BCUT2D eigenvalue weighted by Gasteiger charge is -1.89. The predicted octanol–water partition coefficient (Wildman–Crippen LogP) is 3.99. The maximum absolute atomic E-state index is 6.09. The first-order chi connectivity index (χ1) is 6.18. The number of hydrogen-bond donors (Lipinski definition) is 0. The SMILES string of the molecule is Cc1csc(-c2nc(Br)ns2)c1Cl. The maximum Gasteiger partial charge on any atom is 0.209 e. The monoisotopic (exact) mass is 294 g/mol. The zero-order valence-corrected chi connectivity index (χ0v) is 10.5. The summed E-state index contributed by atoms with van der Waals surface area (Å²) in [6.45, 7) is 1.98. The summed E-state index contributed by atoms with van der Waals surface area (Å²) in [5.41, 5.74) is 1.09. The molecule has 0 saturated carbocycles. The van der Waals surface area contributed by atoms with Gasteiger partial charge in [-0.15, -0.1) is 11.3 Å². The van der Waals surface area contributed by atoms with Crippen molar-refractivity contribution in [2.24, 2.45) is 0 Å². The van der Waals surface area contributed by atoms with Crippen LogP contribution in [0.25, 0.3) is 9.88 Å². The van der Waals surface area contributed by atoms with E-state index in [1.165, 1.54) is 11.5 Å². The largest absolute Gasteiger partial charge is 0.209 e. The van der Waals surface area contributed by atoms with Crippen LogP contribution in [0.15, 0.2) is 10.1 Å². The Kier molecular flexibility index (Phi) is 2.69. The van der Waals surface area contributed by atoms with E-state index in [1.54, 1.807) is 11.3 Å². The van der Waals surface area contributed by atoms with Gasteiger partial charge >= 0.3 is 0 Å². The average molecular weight is 296 g/mol. The fourth-order valence-corrected chi connectivity index (χ4v) is 3.38. The van der Waals surface area contributed by atoms with Gasteiger partial charge in [-0.2, -0.15) is 4.37 Å². The van der Waals surface area contributed by atoms with Gasteiger partial charge in [0.15, 0.2) is 5.01 Å². The normalized spacial score (nSPS) is 10.7. The van der Waals surface area contributed by atoms with Crippen molar-refractivity contribution in [1.29, 1.82) is 0 Å². The van der Waals surface area contributed by atoms with E-state index in [9.17, 15) is 0 Å². The van der Waals surface area contributed by atoms with Crippen LogP contribution < -0.4 is 0 Å². The second-order valence-corrected chi connectivity index (χ2v) is 5.15. The molecule has 2 aromatic rings. The van der Waals surface area contributed by atoms with E-state index in [4.69, 9.17) is 11.6 Å². The zero-order valence-electron chi connectivity index (χ0n) is 6.54. The first-order valence-electron chi connectivity index (χ1n) is 3.41. The lowest BCUT2D eigenvalue weighted by atomic mass is 10.3. The summed E-state index contributed by atoms with van der Waals surface area (Å²) in [7, 11) is 0. The van der Waals surface area contributed by atoms with E-state index in [-0.39, 0.29) is 0 Å². The highest BCUT2D eigenvalue weighted by atomic mass is 79.9. The maximum atomic E-state index is 6.09. The van der Waals surface area contributed by atoms with Crippen molar-refractivity contribution in [3.63, 3.8) is 0 Å². The Labute approximate surface area is 96.9 Å². The van der Waals surface area contributed by atoms with Gasteiger partial charge in [0.25, 0.3) is 0 Å². The van der Waals surface area contributed by atoms with Crippen molar-refractivity contribution in [2.45, 2.75) is 6.92 Å². The Morgan fingerprint density at radius 2 is 2.31 bits per heavy atom. The number of hydrogen-bond acceptors (Lipinski definition) is 4. The Bertz CT molecular complexity index is 437.